The second-order valence-electron chi connectivity index (χ2n) is 7.02. The molecule has 1 saturated heterocycles. The SMILES string of the molecule is Cl.O=C(c1cc2ccccc2c(=O)[nH]1)N1CCC(NCC2CC2)CC1. The van der Waals surface area contributed by atoms with Gasteiger partial charge in [0.25, 0.3) is 11.5 Å². The van der Waals surface area contributed by atoms with E-state index in [4.69, 9.17) is 0 Å². The number of amides is 1. The smallest absolute Gasteiger partial charge is 0.270 e. The summed E-state index contributed by atoms with van der Waals surface area (Å²) in [5.74, 6) is 0.811. The minimum absolute atomic E-state index is 0. The summed E-state index contributed by atoms with van der Waals surface area (Å²) >= 11 is 0. The third-order valence-corrected chi connectivity index (χ3v) is 5.16. The molecular weight excluding hydrogens is 338 g/mol. The molecule has 2 heterocycles. The zero-order valence-corrected chi connectivity index (χ0v) is 15.0. The van der Waals surface area contributed by atoms with Gasteiger partial charge in [0.05, 0.1) is 0 Å². The second-order valence-corrected chi connectivity index (χ2v) is 7.02. The Labute approximate surface area is 153 Å². The van der Waals surface area contributed by atoms with Crippen LogP contribution in [0.4, 0.5) is 0 Å². The van der Waals surface area contributed by atoms with Crippen molar-refractivity contribution in [3.05, 3.63) is 46.4 Å². The van der Waals surface area contributed by atoms with E-state index in [2.05, 4.69) is 10.3 Å². The normalized spacial score (nSPS) is 18.2. The molecule has 0 bridgehead atoms. The maximum Gasteiger partial charge on any atom is 0.270 e. The first-order valence-corrected chi connectivity index (χ1v) is 8.85. The molecule has 25 heavy (non-hydrogen) atoms. The number of hydrogen-bond donors (Lipinski definition) is 2. The van der Waals surface area contributed by atoms with Crippen molar-refractivity contribution in [2.24, 2.45) is 5.92 Å². The molecule has 1 aliphatic carbocycles. The van der Waals surface area contributed by atoms with E-state index < -0.39 is 0 Å². The highest BCUT2D eigenvalue weighted by atomic mass is 35.5. The number of aromatic nitrogens is 1. The molecule has 5 nitrogen and oxygen atoms in total. The van der Waals surface area contributed by atoms with Crippen LogP contribution in [0, 0.1) is 5.92 Å². The number of carbonyl (C=O) groups is 1. The summed E-state index contributed by atoms with van der Waals surface area (Å²) in [5, 5.41) is 5.05. The van der Waals surface area contributed by atoms with E-state index in [0.29, 0.717) is 17.1 Å². The molecule has 1 aromatic heterocycles. The molecule has 0 spiro atoms. The summed E-state index contributed by atoms with van der Waals surface area (Å²) < 4.78 is 0. The molecule has 2 fully saturated rings. The summed E-state index contributed by atoms with van der Waals surface area (Å²) in [6, 6.07) is 9.67. The van der Waals surface area contributed by atoms with Gasteiger partial charge in [0, 0.05) is 24.5 Å². The average Bonchev–Trinajstić information content (AvgIpc) is 3.44. The third kappa shape index (κ3) is 4.05. The Hall–Kier alpha value is -1.85. The van der Waals surface area contributed by atoms with E-state index in [1.807, 2.05) is 23.1 Å². The monoisotopic (exact) mass is 361 g/mol. The molecule has 1 aliphatic heterocycles. The van der Waals surface area contributed by atoms with Gasteiger partial charge in [-0.2, -0.15) is 0 Å². The lowest BCUT2D eigenvalue weighted by atomic mass is 10.0. The van der Waals surface area contributed by atoms with Crippen molar-refractivity contribution in [1.29, 1.82) is 0 Å². The van der Waals surface area contributed by atoms with Gasteiger partial charge in [-0.25, -0.2) is 0 Å². The number of halogens is 1. The van der Waals surface area contributed by atoms with Crippen molar-refractivity contribution in [3.8, 4) is 0 Å². The molecule has 1 aromatic carbocycles. The summed E-state index contributed by atoms with van der Waals surface area (Å²) in [6.07, 6.45) is 4.69. The van der Waals surface area contributed by atoms with Gasteiger partial charge in [-0.05, 0) is 55.7 Å². The molecule has 4 rings (SSSR count). The van der Waals surface area contributed by atoms with E-state index in [0.717, 1.165) is 43.8 Å². The van der Waals surface area contributed by atoms with Gasteiger partial charge in [0.15, 0.2) is 0 Å². The molecule has 2 N–H and O–H groups in total. The highest BCUT2D eigenvalue weighted by molar-refractivity contribution is 5.96. The van der Waals surface area contributed by atoms with Gasteiger partial charge in [0.1, 0.15) is 5.69 Å². The predicted molar refractivity (Wildman–Crippen MR) is 101 cm³/mol. The van der Waals surface area contributed by atoms with Crippen LogP contribution in [0.3, 0.4) is 0 Å². The van der Waals surface area contributed by atoms with E-state index in [9.17, 15) is 9.59 Å². The number of hydrogen-bond acceptors (Lipinski definition) is 3. The molecule has 1 amide bonds. The number of nitrogens with one attached hydrogen (secondary N) is 2. The van der Waals surface area contributed by atoms with Crippen LogP contribution in [0.25, 0.3) is 10.8 Å². The zero-order valence-electron chi connectivity index (χ0n) is 14.2. The maximum atomic E-state index is 12.7. The lowest BCUT2D eigenvalue weighted by Gasteiger charge is -2.32. The highest BCUT2D eigenvalue weighted by Gasteiger charge is 2.26. The van der Waals surface area contributed by atoms with Crippen molar-refractivity contribution in [2.75, 3.05) is 19.6 Å². The number of carbonyl (C=O) groups excluding carboxylic acids is 1. The fourth-order valence-corrected chi connectivity index (χ4v) is 3.44. The molecule has 1 saturated carbocycles. The van der Waals surface area contributed by atoms with Crippen molar-refractivity contribution >= 4 is 29.1 Å². The Morgan fingerprint density at radius 2 is 1.88 bits per heavy atom. The Kier molecular flexibility index (Phi) is 5.45. The minimum Gasteiger partial charge on any atom is -0.337 e. The van der Waals surface area contributed by atoms with Crippen LogP contribution in [-0.2, 0) is 0 Å². The van der Waals surface area contributed by atoms with Crippen LogP contribution in [0.5, 0.6) is 0 Å². The number of rotatable bonds is 4. The van der Waals surface area contributed by atoms with Gasteiger partial charge in [0.2, 0.25) is 0 Å². The third-order valence-electron chi connectivity index (χ3n) is 5.16. The Morgan fingerprint density at radius 3 is 2.60 bits per heavy atom. The highest BCUT2D eigenvalue weighted by Crippen LogP contribution is 2.28. The minimum atomic E-state index is -0.197. The van der Waals surface area contributed by atoms with Crippen LogP contribution in [0.15, 0.2) is 35.1 Å². The van der Waals surface area contributed by atoms with Crippen molar-refractivity contribution in [3.63, 3.8) is 0 Å². The molecular formula is C19H24ClN3O2. The molecule has 0 atom stereocenters. The first-order valence-electron chi connectivity index (χ1n) is 8.85. The van der Waals surface area contributed by atoms with Gasteiger partial charge in [-0.1, -0.05) is 18.2 Å². The number of aromatic amines is 1. The van der Waals surface area contributed by atoms with Crippen molar-refractivity contribution in [1.82, 2.24) is 15.2 Å². The van der Waals surface area contributed by atoms with Gasteiger partial charge < -0.3 is 15.2 Å². The summed E-state index contributed by atoms with van der Waals surface area (Å²) in [5.41, 5.74) is 0.195. The Morgan fingerprint density at radius 1 is 1.16 bits per heavy atom. The van der Waals surface area contributed by atoms with Crippen LogP contribution in [-0.4, -0.2) is 41.5 Å². The summed E-state index contributed by atoms with van der Waals surface area (Å²) in [7, 11) is 0. The van der Waals surface area contributed by atoms with E-state index in [1.54, 1.807) is 12.1 Å². The molecule has 6 heteroatoms. The predicted octanol–water partition coefficient (Wildman–Crippen LogP) is 2.55. The lowest BCUT2D eigenvalue weighted by Crippen LogP contribution is -2.45. The Balaban J connectivity index is 0.00000182. The number of benzene rings is 1. The molecule has 0 unspecified atom stereocenters. The van der Waals surface area contributed by atoms with Crippen LogP contribution in [0.2, 0.25) is 0 Å². The number of piperidine rings is 1. The van der Waals surface area contributed by atoms with Gasteiger partial charge in [-0.3, -0.25) is 9.59 Å². The molecule has 0 radical (unpaired) electrons. The summed E-state index contributed by atoms with van der Waals surface area (Å²) in [4.78, 5) is 29.5. The van der Waals surface area contributed by atoms with Gasteiger partial charge in [-0.15, -0.1) is 12.4 Å². The first-order chi connectivity index (χ1) is 11.7. The average molecular weight is 362 g/mol. The molecule has 2 aliphatic rings. The maximum absolute atomic E-state index is 12.7. The van der Waals surface area contributed by atoms with Crippen LogP contribution in [0.1, 0.15) is 36.2 Å². The van der Waals surface area contributed by atoms with Crippen LogP contribution >= 0.6 is 12.4 Å². The fourth-order valence-electron chi connectivity index (χ4n) is 3.44. The standard InChI is InChI=1S/C19H23N3O2.ClH/c23-18-16-4-2-1-3-14(16)11-17(21-18)19(24)22-9-7-15(8-10-22)20-12-13-5-6-13;/h1-4,11,13,15,20H,5-10,12H2,(H,21,23);1H. The lowest BCUT2D eigenvalue weighted by molar-refractivity contribution is 0.0699. The molecule has 134 valence electrons. The topological polar surface area (TPSA) is 65.2 Å². The Bertz CT molecular complexity index is 808. The second kappa shape index (κ2) is 7.58. The van der Waals surface area contributed by atoms with Crippen molar-refractivity contribution in [2.45, 2.75) is 31.7 Å². The number of fused-ring (bicyclic) bond motifs is 1. The van der Waals surface area contributed by atoms with Crippen LogP contribution < -0.4 is 10.9 Å². The zero-order chi connectivity index (χ0) is 16.5. The fraction of sp³-hybridized carbons (Fsp3) is 0.474. The van der Waals surface area contributed by atoms with E-state index in [1.165, 1.54) is 12.8 Å². The van der Waals surface area contributed by atoms with Gasteiger partial charge >= 0.3 is 0 Å². The number of pyridine rings is 1. The number of nitrogens with zero attached hydrogens (tertiary/aromatic N) is 1. The summed E-state index contributed by atoms with van der Waals surface area (Å²) in [6.45, 7) is 2.61. The van der Waals surface area contributed by atoms with Crippen molar-refractivity contribution < 1.29 is 4.79 Å². The number of likely N-dealkylation sites (tertiary alicyclic amines) is 1. The quantitative estimate of drug-likeness (QED) is 0.879. The molecule has 2 aromatic rings. The first kappa shape index (κ1) is 18.0. The van der Waals surface area contributed by atoms with E-state index >= 15 is 0 Å². The number of H-pyrrole nitrogens is 1. The van der Waals surface area contributed by atoms with E-state index in [-0.39, 0.29) is 23.9 Å². The largest absolute Gasteiger partial charge is 0.337 e.